The van der Waals surface area contributed by atoms with Gasteiger partial charge in [0, 0.05) is 18.2 Å². The SMILES string of the molecule is Cc1cccc(C2(O)CN(C(C)Cc3ccc(OCC(N)=O)cc3)CCO2)c1. The molecule has 0 spiro atoms. The normalized spacial score (nSPS) is 21.2. The summed E-state index contributed by atoms with van der Waals surface area (Å²) in [5.41, 5.74) is 8.14. The second-order valence-corrected chi connectivity index (χ2v) is 7.42. The minimum atomic E-state index is -1.29. The van der Waals surface area contributed by atoms with Crippen molar-refractivity contribution in [2.75, 3.05) is 26.3 Å². The Kier molecular flexibility index (Phi) is 6.34. The fourth-order valence-electron chi connectivity index (χ4n) is 3.52. The lowest BCUT2D eigenvalue weighted by Gasteiger charge is -2.42. The van der Waals surface area contributed by atoms with Gasteiger partial charge in [0.05, 0.1) is 13.2 Å². The van der Waals surface area contributed by atoms with Crippen LogP contribution in [0.4, 0.5) is 0 Å². The first kappa shape index (κ1) is 20.3. The number of ether oxygens (including phenoxy) is 2. The third-order valence-electron chi connectivity index (χ3n) is 5.06. The number of primary amides is 1. The van der Waals surface area contributed by atoms with Crippen LogP contribution in [0.2, 0.25) is 0 Å². The Balaban J connectivity index is 1.62. The summed E-state index contributed by atoms with van der Waals surface area (Å²) in [6, 6.07) is 15.7. The van der Waals surface area contributed by atoms with Gasteiger partial charge in [0.2, 0.25) is 5.79 Å². The lowest BCUT2D eigenvalue weighted by atomic mass is 9.99. The molecule has 0 radical (unpaired) electrons. The van der Waals surface area contributed by atoms with Gasteiger partial charge >= 0.3 is 0 Å². The van der Waals surface area contributed by atoms with Crippen LogP contribution in [0.5, 0.6) is 5.75 Å². The zero-order valence-electron chi connectivity index (χ0n) is 16.4. The highest BCUT2D eigenvalue weighted by molar-refractivity contribution is 5.75. The molecule has 6 nitrogen and oxygen atoms in total. The van der Waals surface area contributed by atoms with Gasteiger partial charge in [-0.3, -0.25) is 9.69 Å². The number of aliphatic hydroxyl groups is 1. The molecule has 2 atom stereocenters. The van der Waals surface area contributed by atoms with Crippen molar-refractivity contribution >= 4 is 5.91 Å². The smallest absolute Gasteiger partial charge is 0.255 e. The molecular formula is C22H28N2O4. The maximum Gasteiger partial charge on any atom is 0.255 e. The van der Waals surface area contributed by atoms with Gasteiger partial charge in [-0.25, -0.2) is 0 Å². The van der Waals surface area contributed by atoms with Crippen molar-refractivity contribution in [3.63, 3.8) is 0 Å². The number of rotatable bonds is 7. The molecule has 2 aromatic carbocycles. The highest BCUT2D eigenvalue weighted by Gasteiger charge is 2.37. The molecule has 1 aliphatic rings. The van der Waals surface area contributed by atoms with E-state index in [0.29, 0.717) is 18.9 Å². The molecule has 0 aromatic heterocycles. The zero-order valence-corrected chi connectivity index (χ0v) is 16.4. The number of carbonyl (C=O) groups excluding carboxylic acids is 1. The van der Waals surface area contributed by atoms with E-state index in [0.717, 1.165) is 29.7 Å². The molecule has 1 aliphatic heterocycles. The zero-order chi connectivity index (χ0) is 20.1. The summed E-state index contributed by atoms with van der Waals surface area (Å²) in [6.07, 6.45) is 0.833. The Bertz CT molecular complexity index is 808. The summed E-state index contributed by atoms with van der Waals surface area (Å²) < 4.78 is 11.1. The van der Waals surface area contributed by atoms with Crippen molar-refractivity contribution in [3.8, 4) is 5.75 Å². The lowest BCUT2D eigenvalue weighted by molar-refractivity contribution is -0.251. The highest BCUT2D eigenvalue weighted by Crippen LogP contribution is 2.29. The molecular weight excluding hydrogens is 356 g/mol. The monoisotopic (exact) mass is 384 g/mol. The molecule has 2 aromatic rings. The first-order valence-corrected chi connectivity index (χ1v) is 9.53. The predicted molar refractivity (Wildman–Crippen MR) is 107 cm³/mol. The van der Waals surface area contributed by atoms with Crippen LogP contribution in [0, 0.1) is 6.92 Å². The van der Waals surface area contributed by atoms with E-state index in [1.807, 2.05) is 55.5 Å². The van der Waals surface area contributed by atoms with E-state index in [1.165, 1.54) is 0 Å². The standard InChI is InChI=1S/C22H28N2O4/c1-16-4-3-5-19(12-16)22(26)15-24(10-11-28-22)17(2)13-18-6-8-20(9-7-18)27-14-21(23)25/h3-9,12,17,26H,10-11,13-15H2,1-2H3,(H2,23,25). The van der Waals surface area contributed by atoms with Gasteiger partial charge in [0.1, 0.15) is 5.75 Å². The van der Waals surface area contributed by atoms with Crippen LogP contribution in [-0.4, -0.2) is 48.3 Å². The van der Waals surface area contributed by atoms with Crippen LogP contribution < -0.4 is 10.5 Å². The molecule has 3 N–H and O–H groups in total. The molecule has 3 rings (SSSR count). The third-order valence-corrected chi connectivity index (χ3v) is 5.06. The number of morpholine rings is 1. The molecule has 0 bridgehead atoms. The number of nitrogens with zero attached hydrogens (tertiary/aromatic N) is 1. The minimum Gasteiger partial charge on any atom is -0.484 e. The topological polar surface area (TPSA) is 85.0 Å². The van der Waals surface area contributed by atoms with Crippen LogP contribution in [0.15, 0.2) is 48.5 Å². The number of benzene rings is 2. The average molecular weight is 384 g/mol. The van der Waals surface area contributed by atoms with Crippen LogP contribution >= 0.6 is 0 Å². The first-order valence-electron chi connectivity index (χ1n) is 9.53. The van der Waals surface area contributed by atoms with E-state index in [9.17, 15) is 9.90 Å². The number of hydrogen-bond acceptors (Lipinski definition) is 5. The van der Waals surface area contributed by atoms with E-state index in [1.54, 1.807) is 0 Å². The van der Waals surface area contributed by atoms with Gasteiger partial charge in [-0.15, -0.1) is 0 Å². The van der Waals surface area contributed by atoms with Gasteiger partial charge in [-0.2, -0.15) is 0 Å². The molecule has 6 heteroatoms. The van der Waals surface area contributed by atoms with E-state index in [-0.39, 0.29) is 12.6 Å². The molecule has 1 saturated heterocycles. The molecule has 0 saturated carbocycles. The maximum absolute atomic E-state index is 11.1. The Morgan fingerprint density at radius 2 is 2.07 bits per heavy atom. The van der Waals surface area contributed by atoms with E-state index < -0.39 is 11.7 Å². The summed E-state index contributed by atoms with van der Waals surface area (Å²) >= 11 is 0. The lowest BCUT2D eigenvalue weighted by Crippen LogP contribution is -2.53. The quantitative estimate of drug-likeness (QED) is 0.762. The molecule has 1 heterocycles. The van der Waals surface area contributed by atoms with Crippen molar-refractivity contribution in [2.45, 2.75) is 32.1 Å². The van der Waals surface area contributed by atoms with Crippen molar-refractivity contribution in [1.82, 2.24) is 4.90 Å². The second kappa shape index (κ2) is 8.73. The third kappa shape index (κ3) is 5.10. The number of hydrogen-bond donors (Lipinski definition) is 2. The number of β-amino-alcohol motifs (C(OH)–C–C–N with tert-alkyl or cyclic N) is 1. The first-order chi connectivity index (χ1) is 13.4. The summed E-state index contributed by atoms with van der Waals surface area (Å²) in [5, 5.41) is 11.1. The predicted octanol–water partition coefficient (Wildman–Crippen LogP) is 1.97. The summed E-state index contributed by atoms with van der Waals surface area (Å²) in [5.74, 6) is -1.16. The Hall–Kier alpha value is -2.41. The van der Waals surface area contributed by atoms with Gasteiger partial charge in [0.25, 0.3) is 5.91 Å². The molecule has 1 amide bonds. The largest absolute Gasteiger partial charge is 0.484 e. The molecule has 28 heavy (non-hydrogen) atoms. The van der Waals surface area contributed by atoms with Crippen LogP contribution in [0.25, 0.3) is 0 Å². The van der Waals surface area contributed by atoms with E-state index in [2.05, 4.69) is 11.8 Å². The Morgan fingerprint density at radius 3 is 2.75 bits per heavy atom. The van der Waals surface area contributed by atoms with Crippen LogP contribution in [0.3, 0.4) is 0 Å². The van der Waals surface area contributed by atoms with Gasteiger partial charge in [0.15, 0.2) is 6.61 Å². The molecule has 150 valence electrons. The molecule has 1 fully saturated rings. The Morgan fingerprint density at radius 1 is 1.32 bits per heavy atom. The number of aryl methyl sites for hydroxylation is 1. The van der Waals surface area contributed by atoms with Gasteiger partial charge < -0.3 is 20.3 Å². The maximum atomic E-state index is 11.1. The van der Waals surface area contributed by atoms with Gasteiger partial charge in [-0.05, 0) is 38.0 Å². The van der Waals surface area contributed by atoms with Crippen molar-refractivity contribution < 1.29 is 19.4 Å². The van der Waals surface area contributed by atoms with Crippen molar-refractivity contribution in [3.05, 3.63) is 65.2 Å². The van der Waals surface area contributed by atoms with Crippen LogP contribution in [-0.2, 0) is 21.7 Å². The summed E-state index contributed by atoms with van der Waals surface area (Å²) in [6.45, 7) is 5.72. The fraction of sp³-hybridized carbons (Fsp3) is 0.409. The van der Waals surface area contributed by atoms with Crippen molar-refractivity contribution in [2.24, 2.45) is 5.73 Å². The van der Waals surface area contributed by atoms with Crippen molar-refractivity contribution in [1.29, 1.82) is 0 Å². The molecule has 0 aliphatic carbocycles. The highest BCUT2D eigenvalue weighted by atomic mass is 16.6. The van der Waals surface area contributed by atoms with E-state index >= 15 is 0 Å². The van der Waals surface area contributed by atoms with Crippen LogP contribution in [0.1, 0.15) is 23.6 Å². The second-order valence-electron chi connectivity index (χ2n) is 7.42. The Labute approximate surface area is 165 Å². The average Bonchev–Trinajstić information content (AvgIpc) is 2.67. The molecule has 2 unspecified atom stereocenters. The number of amides is 1. The number of nitrogens with two attached hydrogens (primary N) is 1. The fourth-order valence-corrected chi connectivity index (χ4v) is 3.52. The minimum absolute atomic E-state index is 0.124. The van der Waals surface area contributed by atoms with E-state index in [4.69, 9.17) is 15.2 Å². The summed E-state index contributed by atoms with van der Waals surface area (Å²) in [7, 11) is 0. The summed E-state index contributed by atoms with van der Waals surface area (Å²) in [4.78, 5) is 13.0. The number of carbonyl (C=O) groups is 1. The van der Waals surface area contributed by atoms with Gasteiger partial charge in [-0.1, -0.05) is 42.0 Å².